The van der Waals surface area contributed by atoms with Crippen LogP contribution in [0.4, 0.5) is 0 Å². The SMILES string of the molecule is CC1=C(CO)C(=O)OC(C(C)C2CCC3C4CC(O)C5(O)C(O)CCC(=O)C5(C)C4CCC23C)C1. The molecule has 4 fully saturated rings. The lowest BCUT2D eigenvalue weighted by Crippen LogP contribution is -2.74. The molecule has 11 atom stereocenters. The Morgan fingerprint density at radius 1 is 1.06 bits per heavy atom. The van der Waals surface area contributed by atoms with Crippen molar-refractivity contribution in [1.29, 1.82) is 0 Å². The Bertz CT molecular complexity index is 944. The standard InChI is InChI=1S/C28H42O7/c1-14-11-21(35-25(33)17(14)13-29)15(2)18-5-6-19-16-12-24(32)28(34)23(31)8-7-22(30)27(28,4)20(16)9-10-26(18,19)3/h15-16,18-21,23-24,29,31-32,34H,5-13H2,1-4H3. The van der Waals surface area contributed by atoms with Crippen LogP contribution in [0, 0.1) is 40.4 Å². The molecule has 0 aromatic rings. The third kappa shape index (κ3) is 3.23. The molecule has 4 aliphatic carbocycles. The van der Waals surface area contributed by atoms with Crippen molar-refractivity contribution in [2.75, 3.05) is 6.61 Å². The van der Waals surface area contributed by atoms with Gasteiger partial charge < -0.3 is 25.2 Å². The van der Waals surface area contributed by atoms with Gasteiger partial charge in [-0.05, 0) is 87.4 Å². The molecule has 0 saturated heterocycles. The predicted molar refractivity (Wildman–Crippen MR) is 128 cm³/mol. The Hall–Kier alpha value is -1.28. The summed E-state index contributed by atoms with van der Waals surface area (Å²) in [7, 11) is 0. The number of esters is 1. The summed E-state index contributed by atoms with van der Waals surface area (Å²) in [5, 5.41) is 43.1. The normalized spacial score (nSPS) is 50.8. The Balaban J connectivity index is 1.42. The highest BCUT2D eigenvalue weighted by atomic mass is 16.5. The molecule has 0 bridgehead atoms. The van der Waals surface area contributed by atoms with Gasteiger partial charge in [-0.3, -0.25) is 4.79 Å². The van der Waals surface area contributed by atoms with Crippen LogP contribution in [0.15, 0.2) is 11.1 Å². The van der Waals surface area contributed by atoms with Gasteiger partial charge >= 0.3 is 5.97 Å². The topological polar surface area (TPSA) is 124 Å². The van der Waals surface area contributed by atoms with Crippen molar-refractivity contribution in [3.8, 4) is 0 Å². The summed E-state index contributed by atoms with van der Waals surface area (Å²) in [5.74, 6) is 0.413. The smallest absolute Gasteiger partial charge is 0.336 e. The average molecular weight is 491 g/mol. The largest absolute Gasteiger partial charge is 0.458 e. The number of ether oxygens (including phenoxy) is 1. The molecule has 4 saturated carbocycles. The third-order valence-corrected chi connectivity index (χ3v) is 11.7. The number of ketones is 1. The van der Waals surface area contributed by atoms with Crippen molar-refractivity contribution >= 4 is 11.8 Å². The number of aliphatic hydroxyl groups is 4. The fourth-order valence-corrected chi connectivity index (χ4v) is 9.67. The number of hydrogen-bond donors (Lipinski definition) is 4. The second-order valence-electron chi connectivity index (χ2n) is 12.8. The van der Waals surface area contributed by atoms with E-state index in [1.165, 1.54) is 0 Å². The number of hydrogen-bond acceptors (Lipinski definition) is 7. The van der Waals surface area contributed by atoms with Crippen LogP contribution in [0.3, 0.4) is 0 Å². The Morgan fingerprint density at radius 3 is 2.43 bits per heavy atom. The highest BCUT2D eigenvalue weighted by Crippen LogP contribution is 2.68. The minimum Gasteiger partial charge on any atom is -0.458 e. The van der Waals surface area contributed by atoms with E-state index in [1.54, 1.807) is 6.92 Å². The lowest BCUT2D eigenvalue weighted by atomic mass is 9.41. The molecule has 1 heterocycles. The van der Waals surface area contributed by atoms with Crippen LogP contribution in [-0.4, -0.2) is 62.7 Å². The van der Waals surface area contributed by atoms with E-state index in [9.17, 15) is 30.0 Å². The molecule has 7 nitrogen and oxygen atoms in total. The summed E-state index contributed by atoms with van der Waals surface area (Å²) < 4.78 is 5.81. The van der Waals surface area contributed by atoms with Crippen LogP contribution in [-0.2, 0) is 14.3 Å². The first-order valence-corrected chi connectivity index (χ1v) is 13.5. The lowest BCUT2D eigenvalue weighted by molar-refractivity contribution is -0.274. The molecular weight excluding hydrogens is 448 g/mol. The number of Topliss-reactive ketones (excluding diaryl/α,β-unsaturated/α-hetero) is 1. The van der Waals surface area contributed by atoms with Crippen LogP contribution in [0.2, 0.25) is 0 Å². The van der Waals surface area contributed by atoms with Gasteiger partial charge in [-0.15, -0.1) is 0 Å². The van der Waals surface area contributed by atoms with Crippen LogP contribution >= 0.6 is 0 Å². The van der Waals surface area contributed by atoms with Gasteiger partial charge in [-0.2, -0.15) is 0 Å². The summed E-state index contributed by atoms with van der Waals surface area (Å²) in [4.78, 5) is 25.8. The van der Waals surface area contributed by atoms with Crippen molar-refractivity contribution in [1.82, 2.24) is 0 Å². The molecule has 0 spiro atoms. The zero-order valence-corrected chi connectivity index (χ0v) is 21.5. The number of cyclic esters (lactones) is 1. The minimum atomic E-state index is -1.78. The molecule has 0 aromatic heterocycles. The summed E-state index contributed by atoms with van der Waals surface area (Å²) >= 11 is 0. The third-order valence-electron chi connectivity index (χ3n) is 11.7. The first-order valence-electron chi connectivity index (χ1n) is 13.5. The number of carbonyl (C=O) groups excluding carboxylic acids is 2. The predicted octanol–water partition coefficient (Wildman–Crippen LogP) is 2.53. The van der Waals surface area contributed by atoms with Crippen molar-refractivity contribution in [2.45, 2.75) is 103 Å². The quantitative estimate of drug-likeness (QED) is 0.448. The monoisotopic (exact) mass is 490 g/mol. The van der Waals surface area contributed by atoms with Gasteiger partial charge in [0.25, 0.3) is 0 Å². The summed E-state index contributed by atoms with van der Waals surface area (Å²) in [6, 6.07) is 0. The summed E-state index contributed by atoms with van der Waals surface area (Å²) in [6.45, 7) is 7.92. The minimum absolute atomic E-state index is 0.0102. The van der Waals surface area contributed by atoms with Crippen LogP contribution in [0.5, 0.6) is 0 Å². The van der Waals surface area contributed by atoms with E-state index in [-0.39, 0.29) is 54.5 Å². The van der Waals surface area contributed by atoms with Crippen molar-refractivity contribution in [2.24, 2.45) is 40.4 Å². The second kappa shape index (κ2) is 8.37. The maximum Gasteiger partial charge on any atom is 0.336 e. The van der Waals surface area contributed by atoms with Gasteiger partial charge in [0.2, 0.25) is 0 Å². The molecule has 7 heteroatoms. The average Bonchev–Trinajstić information content (AvgIpc) is 3.16. The molecule has 196 valence electrons. The molecule has 5 rings (SSSR count). The van der Waals surface area contributed by atoms with Crippen LogP contribution in [0.1, 0.15) is 79.1 Å². The molecule has 35 heavy (non-hydrogen) atoms. The number of fused-ring (bicyclic) bond motifs is 5. The zero-order chi connectivity index (χ0) is 25.5. The van der Waals surface area contributed by atoms with Gasteiger partial charge in [0.05, 0.1) is 29.8 Å². The van der Waals surface area contributed by atoms with Gasteiger partial charge in [0, 0.05) is 12.8 Å². The van der Waals surface area contributed by atoms with Gasteiger partial charge in [0.15, 0.2) is 0 Å². The van der Waals surface area contributed by atoms with E-state index in [2.05, 4.69) is 13.8 Å². The molecule has 4 N–H and O–H groups in total. The highest BCUT2D eigenvalue weighted by molar-refractivity contribution is 5.90. The Labute approximate surface area is 207 Å². The number of aliphatic hydroxyl groups excluding tert-OH is 3. The summed E-state index contributed by atoms with van der Waals surface area (Å²) in [5.41, 5.74) is -1.65. The molecule has 1 aliphatic heterocycles. The molecule has 0 amide bonds. The van der Waals surface area contributed by atoms with E-state index < -0.39 is 29.2 Å². The van der Waals surface area contributed by atoms with Gasteiger partial charge in [0.1, 0.15) is 17.5 Å². The number of carbonyl (C=O) groups is 2. The lowest BCUT2D eigenvalue weighted by Gasteiger charge is -2.64. The highest BCUT2D eigenvalue weighted by Gasteiger charge is 2.72. The van der Waals surface area contributed by atoms with Crippen LogP contribution < -0.4 is 0 Å². The van der Waals surface area contributed by atoms with E-state index in [4.69, 9.17) is 4.74 Å². The number of rotatable bonds is 3. The van der Waals surface area contributed by atoms with Gasteiger partial charge in [-0.25, -0.2) is 4.79 Å². The van der Waals surface area contributed by atoms with E-state index in [1.807, 2.05) is 6.92 Å². The summed E-state index contributed by atoms with van der Waals surface area (Å²) in [6.07, 6.45) is 2.74. The van der Waals surface area contributed by atoms with Crippen molar-refractivity contribution < 1.29 is 34.8 Å². The Morgan fingerprint density at radius 2 is 1.77 bits per heavy atom. The molecule has 11 unspecified atom stereocenters. The van der Waals surface area contributed by atoms with Crippen LogP contribution in [0.25, 0.3) is 0 Å². The van der Waals surface area contributed by atoms with E-state index in [0.717, 1.165) is 31.3 Å². The molecule has 5 aliphatic rings. The fourth-order valence-electron chi connectivity index (χ4n) is 9.67. The maximum atomic E-state index is 13.3. The van der Waals surface area contributed by atoms with Crippen molar-refractivity contribution in [3.05, 3.63) is 11.1 Å². The molecular formula is C28H42O7. The Kier molecular flexibility index (Phi) is 6.07. The molecule has 0 aromatic carbocycles. The first kappa shape index (κ1) is 25.4. The fraction of sp³-hybridized carbons (Fsp3) is 0.857. The second-order valence-corrected chi connectivity index (χ2v) is 12.8. The van der Waals surface area contributed by atoms with Crippen molar-refractivity contribution in [3.63, 3.8) is 0 Å². The van der Waals surface area contributed by atoms with E-state index in [0.29, 0.717) is 30.3 Å². The molecule has 0 radical (unpaired) electrons. The first-order chi connectivity index (χ1) is 16.4. The van der Waals surface area contributed by atoms with E-state index >= 15 is 0 Å². The van der Waals surface area contributed by atoms with Gasteiger partial charge in [-0.1, -0.05) is 19.4 Å². The maximum absolute atomic E-state index is 13.3. The zero-order valence-electron chi connectivity index (χ0n) is 21.5.